The monoisotopic (exact) mass is 333 g/mol. The lowest BCUT2D eigenvalue weighted by atomic mass is 10.1. The number of nitrogens with two attached hydrogens (primary N) is 1. The topological polar surface area (TPSA) is 85.5 Å². The molecule has 120 valence electrons. The third-order valence-corrected chi connectivity index (χ3v) is 4.30. The van der Waals surface area contributed by atoms with Crippen molar-refractivity contribution >= 4 is 34.3 Å². The summed E-state index contributed by atoms with van der Waals surface area (Å²) >= 11 is 6.13. The normalized spacial score (nSPS) is 17.4. The number of primary amides is 1. The van der Waals surface area contributed by atoms with Crippen molar-refractivity contribution < 1.29 is 14.3 Å². The molecule has 7 heteroatoms. The molecule has 1 saturated heterocycles. The van der Waals surface area contributed by atoms with Gasteiger partial charge < -0.3 is 15.4 Å². The Balaban J connectivity index is 1.68. The van der Waals surface area contributed by atoms with Crippen molar-refractivity contribution in [3.8, 4) is 5.75 Å². The molecule has 0 aliphatic carbocycles. The number of fused-ring (bicyclic) bond motifs is 1. The van der Waals surface area contributed by atoms with Gasteiger partial charge in [-0.1, -0.05) is 11.6 Å². The first-order valence-corrected chi connectivity index (χ1v) is 7.67. The lowest BCUT2D eigenvalue weighted by molar-refractivity contribution is -0.132. The number of benzene rings is 1. The number of rotatable bonds is 4. The van der Waals surface area contributed by atoms with E-state index < -0.39 is 0 Å². The zero-order chi connectivity index (χ0) is 16.4. The molecule has 23 heavy (non-hydrogen) atoms. The molecule has 1 aliphatic heterocycles. The van der Waals surface area contributed by atoms with E-state index in [0.717, 1.165) is 5.39 Å². The van der Waals surface area contributed by atoms with Gasteiger partial charge in [0.2, 0.25) is 5.91 Å². The molecule has 1 atom stereocenters. The number of likely N-dealkylation sites (tertiary alicyclic amines) is 1. The second-order valence-electron chi connectivity index (χ2n) is 5.46. The lowest BCUT2D eigenvalue weighted by Gasteiger charge is -2.16. The largest absolute Gasteiger partial charge is 0.481 e. The molecular weight excluding hydrogens is 318 g/mol. The predicted molar refractivity (Wildman–Crippen MR) is 86.1 cm³/mol. The molecule has 2 N–H and O–H groups in total. The first-order valence-electron chi connectivity index (χ1n) is 7.29. The number of ether oxygens (including phenoxy) is 1. The Kier molecular flexibility index (Phi) is 4.34. The molecule has 1 aromatic carbocycles. The highest BCUT2D eigenvalue weighted by Crippen LogP contribution is 2.29. The Morgan fingerprint density at radius 2 is 2.22 bits per heavy atom. The van der Waals surface area contributed by atoms with Crippen molar-refractivity contribution in [1.82, 2.24) is 9.88 Å². The summed E-state index contributed by atoms with van der Waals surface area (Å²) < 4.78 is 5.62. The Hall–Kier alpha value is -2.34. The average Bonchev–Trinajstić information content (AvgIpc) is 3.05. The molecule has 6 nitrogen and oxygen atoms in total. The predicted octanol–water partition coefficient (Wildman–Crippen LogP) is 1.60. The third-order valence-electron chi connectivity index (χ3n) is 3.97. The van der Waals surface area contributed by atoms with E-state index in [1.807, 2.05) is 6.07 Å². The van der Waals surface area contributed by atoms with Gasteiger partial charge in [-0.25, -0.2) is 0 Å². The van der Waals surface area contributed by atoms with Crippen molar-refractivity contribution in [2.45, 2.75) is 6.42 Å². The first-order chi connectivity index (χ1) is 11.1. The average molecular weight is 334 g/mol. The van der Waals surface area contributed by atoms with Crippen LogP contribution in [0.4, 0.5) is 0 Å². The summed E-state index contributed by atoms with van der Waals surface area (Å²) in [5, 5.41) is 1.35. The molecule has 0 radical (unpaired) electrons. The molecule has 3 rings (SSSR count). The number of hydrogen-bond acceptors (Lipinski definition) is 4. The van der Waals surface area contributed by atoms with E-state index in [4.69, 9.17) is 22.1 Å². The van der Waals surface area contributed by atoms with Gasteiger partial charge in [0.15, 0.2) is 6.61 Å². The fourth-order valence-electron chi connectivity index (χ4n) is 2.68. The van der Waals surface area contributed by atoms with E-state index in [1.165, 1.54) is 0 Å². The summed E-state index contributed by atoms with van der Waals surface area (Å²) in [6.45, 7) is 0.769. The summed E-state index contributed by atoms with van der Waals surface area (Å²) in [5.41, 5.74) is 5.89. The van der Waals surface area contributed by atoms with E-state index in [0.29, 0.717) is 35.8 Å². The van der Waals surface area contributed by atoms with Gasteiger partial charge >= 0.3 is 0 Å². The number of carbonyl (C=O) groups excluding carboxylic acids is 2. The van der Waals surface area contributed by atoms with Crippen LogP contribution in [0.5, 0.6) is 5.75 Å². The van der Waals surface area contributed by atoms with Crippen LogP contribution in [-0.4, -0.2) is 41.4 Å². The van der Waals surface area contributed by atoms with E-state index in [9.17, 15) is 9.59 Å². The number of carbonyl (C=O) groups is 2. The number of amides is 2. The van der Waals surface area contributed by atoms with Gasteiger partial charge in [-0.15, -0.1) is 0 Å². The van der Waals surface area contributed by atoms with Crippen LogP contribution in [0.1, 0.15) is 6.42 Å². The van der Waals surface area contributed by atoms with E-state index in [2.05, 4.69) is 4.98 Å². The van der Waals surface area contributed by atoms with Gasteiger partial charge in [0.1, 0.15) is 11.3 Å². The van der Waals surface area contributed by atoms with E-state index in [1.54, 1.807) is 29.3 Å². The second-order valence-corrected chi connectivity index (χ2v) is 5.87. The maximum absolute atomic E-state index is 12.2. The van der Waals surface area contributed by atoms with Crippen molar-refractivity contribution in [3.05, 3.63) is 35.5 Å². The van der Waals surface area contributed by atoms with Crippen LogP contribution in [-0.2, 0) is 9.59 Å². The Morgan fingerprint density at radius 1 is 1.39 bits per heavy atom. The Morgan fingerprint density at radius 3 is 2.96 bits per heavy atom. The minimum absolute atomic E-state index is 0.112. The van der Waals surface area contributed by atoms with Gasteiger partial charge in [0, 0.05) is 24.7 Å². The minimum atomic E-state index is -0.367. The van der Waals surface area contributed by atoms with E-state index >= 15 is 0 Å². The highest BCUT2D eigenvalue weighted by molar-refractivity contribution is 6.35. The van der Waals surface area contributed by atoms with Gasteiger partial charge in [0.05, 0.1) is 10.9 Å². The summed E-state index contributed by atoms with van der Waals surface area (Å²) in [6, 6.07) is 7.04. The summed E-state index contributed by atoms with van der Waals surface area (Å²) in [5.74, 6) is -0.303. The molecule has 2 heterocycles. The van der Waals surface area contributed by atoms with Crippen LogP contribution in [0.25, 0.3) is 10.9 Å². The summed E-state index contributed by atoms with van der Waals surface area (Å²) in [4.78, 5) is 29.2. The molecule has 2 aromatic rings. The standard InChI is InChI=1S/C16H16ClN3O3/c17-12-3-4-13(15-11(12)2-1-6-19-15)23-9-14(21)20-7-5-10(8-20)16(18)22/h1-4,6,10H,5,7-9H2,(H2,18,22). The van der Waals surface area contributed by atoms with Gasteiger partial charge in [-0.2, -0.15) is 0 Å². The number of hydrogen-bond donors (Lipinski definition) is 1. The molecular formula is C16H16ClN3O3. The maximum atomic E-state index is 12.2. The van der Waals surface area contributed by atoms with E-state index in [-0.39, 0.29) is 24.3 Å². The summed E-state index contributed by atoms with van der Waals surface area (Å²) in [7, 11) is 0. The number of pyridine rings is 1. The lowest BCUT2D eigenvalue weighted by Crippen LogP contribution is -2.34. The fourth-order valence-corrected chi connectivity index (χ4v) is 2.89. The van der Waals surface area contributed by atoms with Crippen LogP contribution in [0.3, 0.4) is 0 Å². The smallest absolute Gasteiger partial charge is 0.260 e. The van der Waals surface area contributed by atoms with Crippen molar-refractivity contribution in [1.29, 1.82) is 0 Å². The molecule has 1 fully saturated rings. The first kappa shape index (κ1) is 15.6. The van der Waals surface area contributed by atoms with Crippen molar-refractivity contribution in [2.24, 2.45) is 11.7 Å². The molecule has 1 aromatic heterocycles. The SMILES string of the molecule is NC(=O)C1CCN(C(=O)COc2ccc(Cl)c3cccnc23)C1. The van der Waals surface area contributed by atoms with Crippen LogP contribution in [0.2, 0.25) is 5.02 Å². The fraction of sp³-hybridized carbons (Fsp3) is 0.312. The highest BCUT2D eigenvalue weighted by Gasteiger charge is 2.29. The molecule has 0 spiro atoms. The molecule has 1 unspecified atom stereocenters. The quantitative estimate of drug-likeness (QED) is 0.921. The molecule has 1 aliphatic rings. The van der Waals surface area contributed by atoms with Gasteiger partial charge in [0.25, 0.3) is 5.91 Å². The molecule has 0 bridgehead atoms. The van der Waals surface area contributed by atoms with Crippen LogP contribution in [0, 0.1) is 5.92 Å². The number of nitrogens with zero attached hydrogens (tertiary/aromatic N) is 2. The number of halogens is 1. The molecule has 0 saturated carbocycles. The maximum Gasteiger partial charge on any atom is 0.260 e. The zero-order valence-corrected chi connectivity index (χ0v) is 13.1. The molecule has 2 amide bonds. The third kappa shape index (κ3) is 3.22. The zero-order valence-electron chi connectivity index (χ0n) is 12.4. The minimum Gasteiger partial charge on any atom is -0.481 e. The summed E-state index contributed by atoms with van der Waals surface area (Å²) in [6.07, 6.45) is 2.25. The van der Waals surface area contributed by atoms with Crippen molar-refractivity contribution in [2.75, 3.05) is 19.7 Å². The van der Waals surface area contributed by atoms with Crippen LogP contribution in [0.15, 0.2) is 30.5 Å². The number of aromatic nitrogens is 1. The Labute approximate surface area is 138 Å². The van der Waals surface area contributed by atoms with Gasteiger partial charge in [-0.3, -0.25) is 14.6 Å². The van der Waals surface area contributed by atoms with Crippen LogP contribution >= 0.6 is 11.6 Å². The second kappa shape index (κ2) is 6.42. The highest BCUT2D eigenvalue weighted by atomic mass is 35.5. The Bertz CT molecular complexity index is 765. The van der Waals surface area contributed by atoms with Crippen LogP contribution < -0.4 is 10.5 Å². The van der Waals surface area contributed by atoms with Gasteiger partial charge in [-0.05, 0) is 30.7 Å². The van der Waals surface area contributed by atoms with Crippen molar-refractivity contribution in [3.63, 3.8) is 0 Å².